The molecule has 4 rings (SSSR count). The second-order valence-electron chi connectivity index (χ2n) is 9.96. The van der Waals surface area contributed by atoms with Gasteiger partial charge in [0.15, 0.2) is 0 Å². The number of carbonyl (C=O) groups excluding carboxylic acids is 1. The van der Waals surface area contributed by atoms with Crippen molar-refractivity contribution in [1.82, 2.24) is 0 Å². The minimum atomic E-state index is -0.0275. The molecule has 4 saturated carbocycles. The third kappa shape index (κ3) is 2.30. The zero-order valence-electron chi connectivity index (χ0n) is 15.6. The lowest BCUT2D eigenvalue weighted by molar-refractivity contribution is -0.129. The maximum Gasteiger partial charge on any atom is 0.134 e. The van der Waals surface area contributed by atoms with Crippen LogP contribution in [0.15, 0.2) is 0 Å². The number of hydrogen-bond acceptors (Lipinski definition) is 2. The molecule has 2 nitrogen and oxygen atoms in total. The Morgan fingerprint density at radius 1 is 1.04 bits per heavy atom. The molecule has 24 heavy (non-hydrogen) atoms. The standard InChI is InChI=1S/C22H33NO/c1-13-4-6-17-15(10-13)5-7-19-18(17)8-9-22(3)20(19)11-16(12-23)21(22)14(2)24/h13,15-21H,4-11H2,1-3H3. The lowest BCUT2D eigenvalue weighted by Gasteiger charge is -2.56. The Labute approximate surface area is 147 Å². The Balaban J connectivity index is 1.61. The Morgan fingerprint density at radius 3 is 2.50 bits per heavy atom. The number of nitrogens with zero attached hydrogens (tertiary/aromatic N) is 1. The van der Waals surface area contributed by atoms with Gasteiger partial charge >= 0.3 is 0 Å². The fourth-order valence-electron chi connectivity index (χ4n) is 8.01. The molecule has 0 radical (unpaired) electrons. The van der Waals surface area contributed by atoms with Gasteiger partial charge in [-0.2, -0.15) is 5.26 Å². The van der Waals surface area contributed by atoms with E-state index in [-0.39, 0.29) is 23.0 Å². The molecule has 4 fully saturated rings. The number of rotatable bonds is 1. The number of nitriles is 1. The first-order valence-corrected chi connectivity index (χ1v) is 10.4. The lowest BCUT2D eigenvalue weighted by Crippen LogP contribution is -2.49. The fraction of sp³-hybridized carbons (Fsp3) is 0.909. The van der Waals surface area contributed by atoms with Crippen molar-refractivity contribution >= 4 is 5.78 Å². The summed E-state index contributed by atoms with van der Waals surface area (Å²) in [6, 6.07) is 2.51. The van der Waals surface area contributed by atoms with Gasteiger partial charge in [0.1, 0.15) is 5.78 Å². The zero-order chi connectivity index (χ0) is 17.1. The first kappa shape index (κ1) is 16.6. The van der Waals surface area contributed by atoms with Crippen molar-refractivity contribution < 1.29 is 4.79 Å². The van der Waals surface area contributed by atoms with Gasteiger partial charge < -0.3 is 0 Å². The average molecular weight is 328 g/mol. The molecule has 0 spiro atoms. The van der Waals surface area contributed by atoms with Crippen molar-refractivity contribution in [2.75, 3.05) is 0 Å². The highest BCUT2D eigenvalue weighted by atomic mass is 16.1. The Bertz CT molecular complexity index is 563. The quantitative estimate of drug-likeness (QED) is 0.661. The van der Waals surface area contributed by atoms with Gasteiger partial charge in [-0.1, -0.05) is 20.3 Å². The topological polar surface area (TPSA) is 40.9 Å². The van der Waals surface area contributed by atoms with Gasteiger partial charge in [0.2, 0.25) is 0 Å². The van der Waals surface area contributed by atoms with E-state index < -0.39 is 0 Å². The summed E-state index contributed by atoms with van der Waals surface area (Å²) in [5, 5.41) is 9.66. The third-order valence-corrected chi connectivity index (χ3v) is 8.88. The van der Waals surface area contributed by atoms with Crippen LogP contribution in [-0.4, -0.2) is 5.78 Å². The van der Waals surface area contributed by atoms with E-state index in [1.54, 1.807) is 6.92 Å². The summed E-state index contributed by atoms with van der Waals surface area (Å²) in [5.74, 6) is 5.38. The first-order chi connectivity index (χ1) is 11.5. The molecule has 0 heterocycles. The molecule has 9 unspecified atom stereocenters. The van der Waals surface area contributed by atoms with Crippen molar-refractivity contribution in [3.05, 3.63) is 0 Å². The molecule has 0 aromatic carbocycles. The molecule has 0 saturated heterocycles. The molecule has 0 aromatic heterocycles. The van der Waals surface area contributed by atoms with Crippen LogP contribution in [0.3, 0.4) is 0 Å². The molecule has 4 aliphatic rings. The second-order valence-corrected chi connectivity index (χ2v) is 9.96. The predicted octanol–water partition coefficient (Wildman–Crippen LogP) is 5.23. The largest absolute Gasteiger partial charge is 0.300 e. The minimum absolute atomic E-state index is 0.00227. The van der Waals surface area contributed by atoms with Crippen molar-refractivity contribution in [2.24, 2.45) is 52.8 Å². The number of fused-ring (bicyclic) bond motifs is 5. The highest BCUT2D eigenvalue weighted by Crippen LogP contribution is 2.65. The number of Topliss-reactive ketones (excluding diaryl/α,β-unsaturated/α-hetero) is 1. The van der Waals surface area contributed by atoms with Gasteiger partial charge in [-0.25, -0.2) is 0 Å². The van der Waals surface area contributed by atoms with Gasteiger partial charge in [0.05, 0.1) is 12.0 Å². The summed E-state index contributed by atoms with van der Waals surface area (Å²) in [6.07, 6.45) is 10.6. The Kier molecular flexibility index (Phi) is 4.06. The van der Waals surface area contributed by atoms with Crippen molar-refractivity contribution in [2.45, 2.75) is 72.1 Å². The Hall–Kier alpha value is -0.840. The molecule has 0 N–H and O–H groups in total. The molecule has 0 aromatic rings. The van der Waals surface area contributed by atoms with Crippen LogP contribution in [0.5, 0.6) is 0 Å². The van der Waals surface area contributed by atoms with Crippen molar-refractivity contribution in [1.29, 1.82) is 5.26 Å². The van der Waals surface area contributed by atoms with Gasteiger partial charge in [0.25, 0.3) is 0 Å². The molecule has 2 heteroatoms. The predicted molar refractivity (Wildman–Crippen MR) is 94.9 cm³/mol. The second kappa shape index (κ2) is 5.86. The van der Waals surface area contributed by atoms with Crippen LogP contribution >= 0.6 is 0 Å². The summed E-state index contributed by atoms with van der Waals surface area (Å²) < 4.78 is 0. The van der Waals surface area contributed by atoms with E-state index in [1.807, 2.05) is 0 Å². The zero-order valence-corrected chi connectivity index (χ0v) is 15.6. The van der Waals surface area contributed by atoms with Gasteiger partial charge in [-0.3, -0.25) is 4.79 Å². The average Bonchev–Trinajstić information content (AvgIpc) is 2.86. The van der Waals surface area contributed by atoms with Gasteiger partial charge in [-0.05, 0) is 92.8 Å². The molecule has 0 amide bonds. The highest BCUT2D eigenvalue weighted by molar-refractivity contribution is 5.80. The summed E-state index contributed by atoms with van der Waals surface area (Å²) in [5.41, 5.74) is 0.0994. The van der Waals surface area contributed by atoms with Gasteiger partial charge in [-0.15, -0.1) is 0 Å². The maximum atomic E-state index is 12.3. The minimum Gasteiger partial charge on any atom is -0.300 e. The molecule has 4 aliphatic carbocycles. The third-order valence-electron chi connectivity index (χ3n) is 8.88. The van der Waals surface area contributed by atoms with Crippen LogP contribution in [0.25, 0.3) is 0 Å². The lowest BCUT2D eigenvalue weighted by atomic mass is 9.49. The van der Waals surface area contributed by atoms with E-state index in [4.69, 9.17) is 0 Å². The molecule has 0 aliphatic heterocycles. The number of carbonyl (C=O) groups is 1. The summed E-state index contributed by atoms with van der Waals surface area (Å²) in [7, 11) is 0. The van der Waals surface area contributed by atoms with E-state index in [1.165, 1.54) is 44.9 Å². The van der Waals surface area contributed by atoms with Gasteiger partial charge in [0, 0.05) is 5.92 Å². The highest BCUT2D eigenvalue weighted by Gasteiger charge is 2.60. The van der Waals surface area contributed by atoms with Crippen LogP contribution in [0.4, 0.5) is 0 Å². The summed E-state index contributed by atoms with van der Waals surface area (Å²) in [6.45, 7) is 6.52. The molecular formula is C22H33NO. The molecular weight excluding hydrogens is 294 g/mol. The fourth-order valence-corrected chi connectivity index (χ4v) is 8.01. The monoisotopic (exact) mass is 327 g/mol. The molecule has 0 bridgehead atoms. The molecule has 132 valence electrons. The smallest absolute Gasteiger partial charge is 0.134 e. The van der Waals surface area contributed by atoms with Crippen LogP contribution in [-0.2, 0) is 4.79 Å². The maximum absolute atomic E-state index is 12.3. The first-order valence-electron chi connectivity index (χ1n) is 10.4. The summed E-state index contributed by atoms with van der Waals surface area (Å²) in [4.78, 5) is 12.3. The number of hydrogen-bond donors (Lipinski definition) is 0. The van der Waals surface area contributed by atoms with Crippen LogP contribution in [0, 0.1) is 64.1 Å². The SMILES string of the molecule is CC(=O)C1C(C#N)CC2C3CCC4CC(C)CCC4C3CCC21C. The van der Waals surface area contributed by atoms with Crippen molar-refractivity contribution in [3.8, 4) is 6.07 Å². The van der Waals surface area contributed by atoms with E-state index in [0.717, 1.165) is 36.0 Å². The van der Waals surface area contributed by atoms with E-state index in [9.17, 15) is 10.1 Å². The van der Waals surface area contributed by atoms with Crippen LogP contribution < -0.4 is 0 Å². The Morgan fingerprint density at radius 2 is 1.79 bits per heavy atom. The normalized spacial score (nSPS) is 53.4. The summed E-state index contributed by atoms with van der Waals surface area (Å²) >= 11 is 0. The van der Waals surface area contributed by atoms with Crippen LogP contribution in [0.1, 0.15) is 72.1 Å². The van der Waals surface area contributed by atoms with E-state index in [2.05, 4.69) is 19.9 Å². The number of ketones is 1. The van der Waals surface area contributed by atoms with E-state index in [0.29, 0.717) is 5.92 Å². The molecule has 9 atom stereocenters. The van der Waals surface area contributed by atoms with Crippen LogP contribution in [0.2, 0.25) is 0 Å². The van der Waals surface area contributed by atoms with Crippen molar-refractivity contribution in [3.63, 3.8) is 0 Å². The van der Waals surface area contributed by atoms with E-state index >= 15 is 0 Å².